The van der Waals surface area contributed by atoms with Crippen LogP contribution in [-0.4, -0.2) is 42.6 Å². The molecule has 1 heterocycles. The highest BCUT2D eigenvalue weighted by molar-refractivity contribution is 5.98. The van der Waals surface area contributed by atoms with Crippen molar-refractivity contribution < 1.29 is 14.3 Å². The van der Waals surface area contributed by atoms with E-state index in [0.29, 0.717) is 6.54 Å². The van der Waals surface area contributed by atoms with E-state index in [1.54, 1.807) is 12.0 Å². The third kappa shape index (κ3) is 1.82. The second-order valence-corrected chi connectivity index (χ2v) is 5.65. The van der Waals surface area contributed by atoms with Crippen LogP contribution in [0.15, 0.2) is 0 Å². The largest absolute Gasteiger partial charge is 0.381 e. The summed E-state index contributed by atoms with van der Waals surface area (Å²) >= 11 is 0. The summed E-state index contributed by atoms with van der Waals surface area (Å²) in [6, 6.07) is -0.108. The molecule has 1 aliphatic heterocycles. The first-order valence-corrected chi connectivity index (χ1v) is 6.02. The first kappa shape index (κ1) is 12.4. The lowest BCUT2D eigenvalue weighted by Gasteiger charge is -2.56. The molecule has 1 saturated heterocycles. The molecule has 1 aliphatic carbocycles. The average molecular weight is 240 g/mol. The fourth-order valence-corrected chi connectivity index (χ4v) is 2.82. The van der Waals surface area contributed by atoms with Crippen LogP contribution in [0.1, 0.15) is 27.2 Å². The van der Waals surface area contributed by atoms with Crippen LogP contribution in [0.25, 0.3) is 0 Å². The van der Waals surface area contributed by atoms with Crippen molar-refractivity contribution in [2.75, 3.05) is 13.7 Å². The van der Waals surface area contributed by atoms with E-state index in [1.165, 1.54) is 0 Å². The maximum Gasteiger partial charge on any atom is 0.324 e. The minimum absolute atomic E-state index is 0.0494. The molecule has 17 heavy (non-hydrogen) atoms. The predicted octanol–water partition coefficient (Wildman–Crippen LogP) is 0.988. The van der Waals surface area contributed by atoms with Gasteiger partial charge < -0.3 is 9.64 Å². The minimum atomic E-state index is -0.263. The van der Waals surface area contributed by atoms with Gasteiger partial charge in [-0.25, -0.2) is 4.79 Å². The van der Waals surface area contributed by atoms with Crippen molar-refractivity contribution in [2.24, 2.45) is 11.3 Å². The molecule has 5 heteroatoms. The van der Waals surface area contributed by atoms with Crippen LogP contribution < -0.4 is 5.32 Å². The highest BCUT2D eigenvalue weighted by Gasteiger charge is 2.53. The number of urea groups is 1. The van der Waals surface area contributed by atoms with Gasteiger partial charge in [0, 0.05) is 25.1 Å². The zero-order valence-electron chi connectivity index (χ0n) is 10.8. The van der Waals surface area contributed by atoms with E-state index in [4.69, 9.17) is 4.74 Å². The Bertz CT molecular complexity index is 354. The normalized spacial score (nSPS) is 36.5. The number of hydrogen-bond acceptors (Lipinski definition) is 3. The number of ether oxygens (including phenoxy) is 1. The lowest BCUT2D eigenvalue weighted by Crippen LogP contribution is -2.67. The summed E-state index contributed by atoms with van der Waals surface area (Å²) in [6.07, 6.45) is 1.03. The van der Waals surface area contributed by atoms with Gasteiger partial charge in [0.05, 0.1) is 12.0 Å². The van der Waals surface area contributed by atoms with Gasteiger partial charge in [-0.3, -0.25) is 10.1 Å². The van der Waals surface area contributed by atoms with Gasteiger partial charge in [-0.05, 0) is 6.42 Å². The summed E-state index contributed by atoms with van der Waals surface area (Å²) < 4.78 is 5.38. The Hall–Kier alpha value is -1.10. The molecule has 0 aromatic rings. The molecule has 0 aromatic heterocycles. The van der Waals surface area contributed by atoms with Crippen LogP contribution in [-0.2, 0) is 9.53 Å². The maximum absolute atomic E-state index is 11.8. The summed E-state index contributed by atoms with van der Waals surface area (Å²) in [7, 11) is 1.70. The fraction of sp³-hybridized carbons (Fsp3) is 0.833. The highest BCUT2D eigenvalue weighted by atomic mass is 16.5. The van der Waals surface area contributed by atoms with Gasteiger partial charge in [0.2, 0.25) is 5.91 Å². The van der Waals surface area contributed by atoms with E-state index < -0.39 is 0 Å². The van der Waals surface area contributed by atoms with E-state index >= 15 is 0 Å². The van der Waals surface area contributed by atoms with Crippen molar-refractivity contribution in [3.63, 3.8) is 0 Å². The molecule has 2 rings (SSSR count). The summed E-state index contributed by atoms with van der Waals surface area (Å²) in [5.74, 6) is -0.309. The van der Waals surface area contributed by atoms with Crippen molar-refractivity contribution in [3.05, 3.63) is 0 Å². The molecule has 0 aromatic carbocycles. The topological polar surface area (TPSA) is 58.6 Å². The number of carbonyl (C=O) groups is 2. The first-order chi connectivity index (χ1) is 7.87. The van der Waals surface area contributed by atoms with E-state index in [9.17, 15) is 9.59 Å². The molecule has 3 atom stereocenters. The molecule has 1 saturated carbocycles. The molecule has 3 unspecified atom stereocenters. The molecule has 0 radical (unpaired) electrons. The maximum atomic E-state index is 11.8. The molecule has 2 aliphatic rings. The number of amides is 3. The standard InChI is InChI=1S/C12H20N2O3/c1-7-6-14(11(16)13-10(7)15)8-5-9(17-4)12(8,2)3/h7-9H,5-6H2,1-4H3,(H,13,15,16). The van der Waals surface area contributed by atoms with Gasteiger partial charge in [-0.1, -0.05) is 20.8 Å². The Morgan fingerprint density at radius 2 is 2.06 bits per heavy atom. The predicted molar refractivity (Wildman–Crippen MR) is 62.4 cm³/mol. The molecular weight excluding hydrogens is 220 g/mol. The van der Waals surface area contributed by atoms with Gasteiger partial charge in [0.15, 0.2) is 0 Å². The van der Waals surface area contributed by atoms with Crippen molar-refractivity contribution >= 4 is 11.9 Å². The van der Waals surface area contributed by atoms with Gasteiger partial charge in [-0.2, -0.15) is 0 Å². The van der Waals surface area contributed by atoms with Crippen LogP contribution in [0.4, 0.5) is 4.79 Å². The SMILES string of the molecule is COC1CC(N2CC(C)C(=O)NC2=O)C1(C)C. The van der Waals surface area contributed by atoms with Crippen LogP contribution in [0, 0.1) is 11.3 Å². The second kappa shape index (κ2) is 3.98. The minimum Gasteiger partial charge on any atom is -0.381 e. The molecule has 3 amide bonds. The number of hydrogen-bond donors (Lipinski definition) is 1. The zero-order chi connectivity index (χ0) is 12.8. The Balaban J connectivity index is 2.09. The molecule has 96 valence electrons. The van der Waals surface area contributed by atoms with Crippen LogP contribution in [0.3, 0.4) is 0 Å². The van der Waals surface area contributed by atoms with Crippen LogP contribution in [0.5, 0.6) is 0 Å². The van der Waals surface area contributed by atoms with Gasteiger partial charge in [-0.15, -0.1) is 0 Å². The summed E-state index contributed by atoms with van der Waals surface area (Å²) in [5, 5.41) is 2.41. The summed E-state index contributed by atoms with van der Waals surface area (Å²) in [6.45, 7) is 6.55. The zero-order valence-corrected chi connectivity index (χ0v) is 10.8. The third-order valence-electron chi connectivity index (χ3n) is 4.20. The lowest BCUT2D eigenvalue weighted by atomic mass is 9.63. The number of imide groups is 1. The van der Waals surface area contributed by atoms with Crippen molar-refractivity contribution in [1.82, 2.24) is 10.2 Å². The summed E-state index contributed by atoms with van der Waals surface area (Å²) in [4.78, 5) is 25.0. The Kier molecular flexibility index (Phi) is 2.89. The number of methoxy groups -OCH3 is 1. The van der Waals surface area contributed by atoms with E-state index in [0.717, 1.165) is 6.42 Å². The lowest BCUT2D eigenvalue weighted by molar-refractivity contribution is -0.139. The van der Waals surface area contributed by atoms with Gasteiger partial charge in [0.25, 0.3) is 0 Å². The quantitative estimate of drug-likeness (QED) is 0.783. The van der Waals surface area contributed by atoms with Crippen molar-refractivity contribution in [1.29, 1.82) is 0 Å². The van der Waals surface area contributed by atoms with E-state index in [-0.39, 0.29) is 35.4 Å². The Labute approximate surface area is 101 Å². The van der Waals surface area contributed by atoms with Crippen LogP contribution >= 0.6 is 0 Å². The molecule has 0 bridgehead atoms. The first-order valence-electron chi connectivity index (χ1n) is 6.02. The van der Waals surface area contributed by atoms with Gasteiger partial charge >= 0.3 is 6.03 Å². The van der Waals surface area contributed by atoms with Gasteiger partial charge in [0.1, 0.15) is 0 Å². The molecule has 2 fully saturated rings. The number of rotatable bonds is 2. The van der Waals surface area contributed by atoms with Crippen molar-refractivity contribution in [2.45, 2.75) is 39.3 Å². The summed E-state index contributed by atoms with van der Waals surface area (Å²) in [5.41, 5.74) is -0.0494. The number of nitrogens with one attached hydrogen (secondary N) is 1. The molecule has 1 N–H and O–H groups in total. The number of carbonyl (C=O) groups excluding carboxylic acids is 2. The monoisotopic (exact) mass is 240 g/mol. The average Bonchev–Trinajstić information content (AvgIpc) is 2.24. The van der Waals surface area contributed by atoms with E-state index in [1.807, 2.05) is 6.92 Å². The molecule has 5 nitrogen and oxygen atoms in total. The number of nitrogens with zero attached hydrogens (tertiary/aromatic N) is 1. The van der Waals surface area contributed by atoms with Crippen molar-refractivity contribution in [3.8, 4) is 0 Å². The third-order valence-corrected chi connectivity index (χ3v) is 4.20. The van der Waals surface area contributed by atoms with Crippen LogP contribution in [0.2, 0.25) is 0 Å². The fourth-order valence-electron chi connectivity index (χ4n) is 2.82. The Morgan fingerprint density at radius 3 is 2.59 bits per heavy atom. The highest BCUT2D eigenvalue weighted by Crippen LogP contribution is 2.46. The second-order valence-electron chi connectivity index (χ2n) is 5.65. The molecular formula is C12H20N2O3. The Morgan fingerprint density at radius 1 is 1.41 bits per heavy atom. The molecule has 0 spiro atoms. The van der Waals surface area contributed by atoms with E-state index in [2.05, 4.69) is 19.2 Å². The smallest absolute Gasteiger partial charge is 0.324 e.